The monoisotopic (exact) mass is 327 g/mol. The summed E-state index contributed by atoms with van der Waals surface area (Å²) in [6.07, 6.45) is 5.70. The zero-order valence-electron chi connectivity index (χ0n) is 14.2. The van der Waals surface area contributed by atoms with Crippen molar-refractivity contribution in [2.24, 2.45) is 5.73 Å². The molecule has 0 aliphatic carbocycles. The number of fused-ring (bicyclic) bond motifs is 1. The Morgan fingerprint density at radius 3 is 3.00 bits per heavy atom. The van der Waals surface area contributed by atoms with E-state index in [1.807, 2.05) is 25.1 Å². The Hall–Kier alpha value is -2.21. The summed E-state index contributed by atoms with van der Waals surface area (Å²) in [5.41, 5.74) is 8.33. The lowest BCUT2D eigenvalue weighted by Crippen LogP contribution is -2.14. The lowest BCUT2D eigenvalue weighted by Gasteiger charge is -2.12. The second-order valence-corrected chi connectivity index (χ2v) is 6.37. The molecule has 0 spiro atoms. The molecule has 1 aliphatic rings. The number of rotatable bonds is 5. The van der Waals surface area contributed by atoms with E-state index < -0.39 is 0 Å². The number of benzene rings is 1. The lowest BCUT2D eigenvalue weighted by molar-refractivity contribution is -0.116. The molecule has 1 aliphatic heterocycles. The van der Waals surface area contributed by atoms with Crippen LogP contribution in [0.5, 0.6) is 0 Å². The van der Waals surface area contributed by atoms with Gasteiger partial charge in [0.1, 0.15) is 5.82 Å². The number of nitrogens with one attached hydrogen (secondary N) is 1. The molecule has 2 aromatic rings. The molecule has 2 heterocycles. The van der Waals surface area contributed by atoms with Gasteiger partial charge in [-0.25, -0.2) is 0 Å². The number of carbonyl (C=O) groups excluding carboxylic acids is 1. The number of aryl methyl sites for hydroxylation is 2. The van der Waals surface area contributed by atoms with Gasteiger partial charge in [0.25, 0.3) is 0 Å². The van der Waals surface area contributed by atoms with Gasteiger partial charge < -0.3 is 15.6 Å². The van der Waals surface area contributed by atoms with Gasteiger partial charge in [0.2, 0.25) is 5.91 Å². The molecule has 0 unspecified atom stereocenters. The quantitative estimate of drug-likeness (QED) is 0.884. The van der Waals surface area contributed by atoms with Gasteiger partial charge >= 0.3 is 0 Å². The van der Waals surface area contributed by atoms with Crippen LogP contribution in [-0.2, 0) is 17.8 Å². The first-order valence-electron chi connectivity index (χ1n) is 8.72. The van der Waals surface area contributed by atoms with E-state index in [-0.39, 0.29) is 5.91 Å². The molecule has 6 heteroatoms. The molecular formula is C18H25N5O. The fourth-order valence-electron chi connectivity index (χ4n) is 3.07. The van der Waals surface area contributed by atoms with Crippen molar-refractivity contribution in [2.45, 2.75) is 52.0 Å². The molecule has 3 N–H and O–H groups in total. The van der Waals surface area contributed by atoms with Gasteiger partial charge in [0, 0.05) is 30.6 Å². The van der Waals surface area contributed by atoms with Crippen molar-refractivity contribution >= 4 is 11.6 Å². The molecule has 128 valence electrons. The predicted molar refractivity (Wildman–Crippen MR) is 94.7 cm³/mol. The fraction of sp³-hybridized carbons (Fsp3) is 0.500. The molecule has 0 saturated carbocycles. The Kier molecular flexibility index (Phi) is 5.25. The maximum Gasteiger partial charge on any atom is 0.224 e. The van der Waals surface area contributed by atoms with Crippen molar-refractivity contribution in [3.63, 3.8) is 0 Å². The normalized spacial score (nSPS) is 14.1. The van der Waals surface area contributed by atoms with E-state index in [0.29, 0.717) is 19.4 Å². The predicted octanol–water partition coefficient (Wildman–Crippen LogP) is 2.66. The van der Waals surface area contributed by atoms with Crippen molar-refractivity contribution in [2.75, 3.05) is 11.9 Å². The maximum atomic E-state index is 12.0. The zero-order valence-corrected chi connectivity index (χ0v) is 14.2. The second kappa shape index (κ2) is 7.57. The SMILES string of the molecule is Cc1ccc(-c2nnc3n2CCCCC3)cc1NC(=O)CCCN. The molecule has 0 atom stereocenters. The van der Waals surface area contributed by atoms with E-state index in [1.54, 1.807) is 0 Å². The van der Waals surface area contributed by atoms with Crippen molar-refractivity contribution in [3.8, 4) is 11.4 Å². The molecule has 6 nitrogen and oxygen atoms in total. The molecule has 0 bridgehead atoms. The van der Waals surface area contributed by atoms with Crippen LogP contribution < -0.4 is 11.1 Å². The van der Waals surface area contributed by atoms with Crippen LogP contribution in [-0.4, -0.2) is 27.2 Å². The third kappa shape index (κ3) is 3.64. The summed E-state index contributed by atoms with van der Waals surface area (Å²) in [6.45, 7) is 3.48. The van der Waals surface area contributed by atoms with Gasteiger partial charge in [0.05, 0.1) is 0 Å². The summed E-state index contributed by atoms with van der Waals surface area (Å²) in [5.74, 6) is 1.96. The average molecular weight is 327 g/mol. The zero-order chi connectivity index (χ0) is 16.9. The van der Waals surface area contributed by atoms with Crippen molar-refractivity contribution in [3.05, 3.63) is 29.6 Å². The minimum Gasteiger partial charge on any atom is -0.330 e. The van der Waals surface area contributed by atoms with Crippen LogP contribution in [0.2, 0.25) is 0 Å². The summed E-state index contributed by atoms with van der Waals surface area (Å²) < 4.78 is 2.22. The highest BCUT2D eigenvalue weighted by atomic mass is 16.1. The molecule has 1 amide bonds. The van der Waals surface area contributed by atoms with Gasteiger partial charge in [0.15, 0.2) is 5.82 Å². The summed E-state index contributed by atoms with van der Waals surface area (Å²) in [6, 6.07) is 6.07. The first-order chi connectivity index (χ1) is 11.7. The van der Waals surface area contributed by atoms with Gasteiger partial charge in [-0.2, -0.15) is 0 Å². The number of amides is 1. The van der Waals surface area contributed by atoms with E-state index in [2.05, 4.69) is 20.1 Å². The molecular weight excluding hydrogens is 302 g/mol. The minimum atomic E-state index is 0.000715. The van der Waals surface area contributed by atoms with Crippen LogP contribution in [0.4, 0.5) is 5.69 Å². The van der Waals surface area contributed by atoms with Crippen molar-refractivity contribution < 1.29 is 4.79 Å². The third-order valence-corrected chi connectivity index (χ3v) is 4.49. The molecule has 0 radical (unpaired) electrons. The van der Waals surface area contributed by atoms with E-state index in [4.69, 9.17) is 5.73 Å². The molecule has 0 saturated heterocycles. The average Bonchev–Trinajstić information content (AvgIpc) is 2.83. The Bertz CT molecular complexity index is 722. The van der Waals surface area contributed by atoms with E-state index in [0.717, 1.165) is 47.8 Å². The van der Waals surface area contributed by atoms with Crippen LogP contribution in [0.15, 0.2) is 18.2 Å². The van der Waals surface area contributed by atoms with Crippen molar-refractivity contribution in [1.29, 1.82) is 0 Å². The summed E-state index contributed by atoms with van der Waals surface area (Å²) in [7, 11) is 0. The smallest absolute Gasteiger partial charge is 0.224 e. The Morgan fingerprint density at radius 1 is 1.29 bits per heavy atom. The molecule has 1 aromatic heterocycles. The lowest BCUT2D eigenvalue weighted by atomic mass is 10.1. The number of nitrogens with two attached hydrogens (primary N) is 1. The number of aromatic nitrogens is 3. The van der Waals surface area contributed by atoms with Gasteiger partial charge in [-0.15, -0.1) is 10.2 Å². The number of hydrogen-bond donors (Lipinski definition) is 2. The first kappa shape index (κ1) is 16.6. The fourth-order valence-corrected chi connectivity index (χ4v) is 3.07. The van der Waals surface area contributed by atoms with Gasteiger partial charge in [-0.05, 0) is 44.4 Å². The molecule has 1 aromatic carbocycles. The van der Waals surface area contributed by atoms with E-state index in [9.17, 15) is 4.79 Å². The highest BCUT2D eigenvalue weighted by Gasteiger charge is 2.17. The highest BCUT2D eigenvalue weighted by Crippen LogP contribution is 2.27. The summed E-state index contributed by atoms with van der Waals surface area (Å²) in [4.78, 5) is 12.0. The highest BCUT2D eigenvalue weighted by molar-refractivity contribution is 5.92. The van der Waals surface area contributed by atoms with E-state index in [1.165, 1.54) is 12.8 Å². The van der Waals surface area contributed by atoms with Crippen LogP contribution in [0.25, 0.3) is 11.4 Å². The van der Waals surface area contributed by atoms with Crippen LogP contribution >= 0.6 is 0 Å². The standard InChI is InChI=1S/C18H25N5O/c1-13-8-9-14(12-15(13)20-17(24)7-5-10-19)18-22-21-16-6-3-2-4-11-23(16)18/h8-9,12H,2-7,10-11,19H2,1H3,(H,20,24). The first-order valence-corrected chi connectivity index (χ1v) is 8.72. The van der Waals surface area contributed by atoms with Crippen LogP contribution in [0, 0.1) is 6.92 Å². The van der Waals surface area contributed by atoms with Gasteiger partial charge in [-0.3, -0.25) is 4.79 Å². The van der Waals surface area contributed by atoms with Crippen LogP contribution in [0.1, 0.15) is 43.5 Å². The number of nitrogens with zero attached hydrogens (tertiary/aromatic N) is 3. The molecule has 24 heavy (non-hydrogen) atoms. The number of anilines is 1. The number of hydrogen-bond acceptors (Lipinski definition) is 4. The van der Waals surface area contributed by atoms with Gasteiger partial charge in [-0.1, -0.05) is 18.6 Å². The van der Waals surface area contributed by atoms with Crippen molar-refractivity contribution in [1.82, 2.24) is 14.8 Å². The summed E-state index contributed by atoms with van der Waals surface area (Å²) in [5, 5.41) is 11.7. The minimum absolute atomic E-state index is 0.000715. The number of carbonyl (C=O) groups is 1. The largest absolute Gasteiger partial charge is 0.330 e. The molecule has 3 rings (SSSR count). The third-order valence-electron chi connectivity index (χ3n) is 4.49. The second-order valence-electron chi connectivity index (χ2n) is 6.37. The molecule has 0 fully saturated rings. The van der Waals surface area contributed by atoms with E-state index >= 15 is 0 Å². The Labute approximate surface area is 142 Å². The topological polar surface area (TPSA) is 85.8 Å². The summed E-state index contributed by atoms with van der Waals surface area (Å²) >= 11 is 0. The Morgan fingerprint density at radius 2 is 2.17 bits per heavy atom. The Balaban J connectivity index is 1.86. The maximum absolute atomic E-state index is 12.0. The van der Waals surface area contributed by atoms with Crippen LogP contribution in [0.3, 0.4) is 0 Å².